The molecular weight excluding hydrogens is 379 g/mol. The highest BCUT2D eigenvalue weighted by Crippen LogP contribution is 2.26. The van der Waals surface area contributed by atoms with Crippen molar-refractivity contribution in [3.8, 4) is 5.75 Å². The highest BCUT2D eigenvalue weighted by Gasteiger charge is 2.31. The van der Waals surface area contributed by atoms with Crippen molar-refractivity contribution in [2.75, 3.05) is 5.32 Å². The van der Waals surface area contributed by atoms with E-state index < -0.39 is 6.36 Å². The van der Waals surface area contributed by atoms with Crippen molar-refractivity contribution in [1.82, 2.24) is 9.78 Å². The van der Waals surface area contributed by atoms with Gasteiger partial charge < -0.3 is 10.1 Å². The second-order valence-corrected chi connectivity index (χ2v) is 5.58. The van der Waals surface area contributed by atoms with Crippen LogP contribution < -0.4 is 15.6 Å². The Morgan fingerprint density at radius 2 is 1.91 bits per heavy atom. The number of hydrogen-bond acceptors (Lipinski definition) is 4. The molecule has 0 fully saturated rings. The smallest absolute Gasteiger partial charge is 0.406 e. The Labute approximate surface area is 138 Å². The first kappa shape index (κ1) is 17.3. The van der Waals surface area contributed by atoms with E-state index in [1.807, 2.05) is 6.92 Å². The molecule has 0 aliphatic rings. The van der Waals surface area contributed by atoms with Gasteiger partial charge in [0.2, 0.25) is 0 Å². The summed E-state index contributed by atoms with van der Waals surface area (Å²) in [4.78, 5) is 11.8. The van der Waals surface area contributed by atoms with Gasteiger partial charge in [0.05, 0.1) is 11.9 Å². The standard InChI is InChI=1S/C14H13BrF3N3O2/c1-8(20-11-7-19-21(2)13(22)12(11)15)9-3-5-10(6-4-9)23-14(16,17)18/h3-8,20H,1-2H3. The highest BCUT2D eigenvalue weighted by atomic mass is 79.9. The number of aromatic nitrogens is 2. The molecule has 0 amide bonds. The zero-order valence-corrected chi connectivity index (χ0v) is 13.8. The molecule has 9 heteroatoms. The molecule has 1 N–H and O–H groups in total. The van der Waals surface area contributed by atoms with E-state index in [0.29, 0.717) is 10.2 Å². The van der Waals surface area contributed by atoms with Gasteiger partial charge in [-0.2, -0.15) is 5.10 Å². The van der Waals surface area contributed by atoms with Crippen LogP contribution in [0.25, 0.3) is 0 Å². The number of hydrogen-bond donors (Lipinski definition) is 1. The van der Waals surface area contributed by atoms with Crippen LogP contribution in [0.1, 0.15) is 18.5 Å². The molecule has 1 aromatic carbocycles. The summed E-state index contributed by atoms with van der Waals surface area (Å²) in [6.45, 7) is 1.81. The van der Waals surface area contributed by atoms with Crippen LogP contribution in [0.3, 0.4) is 0 Å². The van der Waals surface area contributed by atoms with Crippen LogP contribution in [0.2, 0.25) is 0 Å². The molecule has 1 heterocycles. The molecule has 0 saturated heterocycles. The average molecular weight is 392 g/mol. The van der Waals surface area contributed by atoms with Gasteiger partial charge in [-0.3, -0.25) is 4.79 Å². The number of benzene rings is 1. The summed E-state index contributed by atoms with van der Waals surface area (Å²) in [5.41, 5.74) is 0.930. The second-order valence-electron chi connectivity index (χ2n) is 4.78. The van der Waals surface area contributed by atoms with Crippen LogP contribution in [0, 0.1) is 0 Å². The van der Waals surface area contributed by atoms with Crippen LogP contribution in [0.15, 0.2) is 39.7 Å². The van der Waals surface area contributed by atoms with Gasteiger partial charge in [0.15, 0.2) is 0 Å². The maximum absolute atomic E-state index is 12.1. The summed E-state index contributed by atoms with van der Waals surface area (Å²) < 4.78 is 41.7. The Morgan fingerprint density at radius 1 is 1.30 bits per heavy atom. The van der Waals surface area contributed by atoms with Gasteiger partial charge in [-0.25, -0.2) is 4.68 Å². The first-order valence-corrected chi connectivity index (χ1v) is 7.31. The molecule has 2 aromatic rings. The van der Waals surface area contributed by atoms with Crippen LogP contribution >= 0.6 is 15.9 Å². The third-order valence-corrected chi connectivity index (χ3v) is 3.83. The van der Waals surface area contributed by atoms with Crippen molar-refractivity contribution in [2.45, 2.75) is 19.3 Å². The van der Waals surface area contributed by atoms with E-state index in [0.717, 1.165) is 5.56 Å². The van der Waals surface area contributed by atoms with E-state index in [4.69, 9.17) is 0 Å². The summed E-state index contributed by atoms with van der Waals surface area (Å²) in [6.07, 6.45) is -3.23. The number of alkyl halides is 3. The fourth-order valence-corrected chi connectivity index (χ4v) is 2.36. The van der Waals surface area contributed by atoms with E-state index in [-0.39, 0.29) is 17.4 Å². The molecule has 5 nitrogen and oxygen atoms in total. The Kier molecular flexibility index (Phi) is 4.98. The number of nitrogens with zero attached hydrogens (tertiary/aromatic N) is 2. The fraction of sp³-hybridized carbons (Fsp3) is 0.286. The molecular formula is C14H13BrF3N3O2. The molecule has 0 bridgehead atoms. The van der Waals surface area contributed by atoms with Gasteiger partial charge in [-0.05, 0) is 40.5 Å². The van der Waals surface area contributed by atoms with Crippen molar-refractivity contribution >= 4 is 21.6 Å². The van der Waals surface area contributed by atoms with Crippen LogP contribution in [-0.2, 0) is 7.05 Å². The van der Waals surface area contributed by atoms with Crippen molar-refractivity contribution in [3.05, 3.63) is 50.9 Å². The molecule has 0 aliphatic carbocycles. The molecule has 0 spiro atoms. The van der Waals surface area contributed by atoms with Gasteiger partial charge in [-0.1, -0.05) is 12.1 Å². The van der Waals surface area contributed by atoms with Gasteiger partial charge in [0, 0.05) is 13.1 Å². The Morgan fingerprint density at radius 3 is 2.48 bits per heavy atom. The van der Waals surface area contributed by atoms with Crippen molar-refractivity contribution in [3.63, 3.8) is 0 Å². The molecule has 23 heavy (non-hydrogen) atoms. The minimum atomic E-state index is -4.72. The third-order valence-electron chi connectivity index (χ3n) is 3.06. The average Bonchev–Trinajstić information content (AvgIpc) is 2.47. The lowest BCUT2D eigenvalue weighted by Crippen LogP contribution is -2.22. The SMILES string of the molecule is CC(Nc1cnn(C)c(=O)c1Br)c1ccc(OC(F)(F)F)cc1. The minimum absolute atomic E-state index is 0.250. The number of ether oxygens (including phenoxy) is 1. The first-order chi connectivity index (χ1) is 10.7. The van der Waals surface area contributed by atoms with E-state index in [2.05, 4.69) is 31.1 Å². The zero-order valence-electron chi connectivity index (χ0n) is 12.2. The fourth-order valence-electron chi connectivity index (χ4n) is 1.89. The van der Waals surface area contributed by atoms with Gasteiger partial charge >= 0.3 is 6.36 Å². The Bertz CT molecular complexity index is 744. The maximum atomic E-state index is 12.1. The summed E-state index contributed by atoms with van der Waals surface area (Å²) in [7, 11) is 1.53. The molecule has 0 radical (unpaired) electrons. The third kappa shape index (κ3) is 4.47. The van der Waals surface area contributed by atoms with Gasteiger partial charge in [-0.15, -0.1) is 13.2 Å². The van der Waals surface area contributed by atoms with Gasteiger partial charge in [0.25, 0.3) is 5.56 Å². The largest absolute Gasteiger partial charge is 0.573 e. The van der Waals surface area contributed by atoms with E-state index in [1.165, 1.54) is 42.2 Å². The van der Waals surface area contributed by atoms with Crippen LogP contribution in [0.5, 0.6) is 5.75 Å². The lowest BCUT2D eigenvalue weighted by Gasteiger charge is -2.17. The number of nitrogens with one attached hydrogen (secondary N) is 1. The first-order valence-electron chi connectivity index (χ1n) is 6.51. The summed E-state index contributed by atoms with van der Waals surface area (Å²) in [6, 6.07) is 5.25. The number of aryl methyl sites for hydroxylation is 1. The van der Waals surface area contributed by atoms with E-state index >= 15 is 0 Å². The molecule has 2 rings (SSSR count). The highest BCUT2D eigenvalue weighted by molar-refractivity contribution is 9.10. The molecule has 0 aliphatic heterocycles. The summed E-state index contributed by atoms with van der Waals surface area (Å²) in [5.74, 6) is -0.287. The lowest BCUT2D eigenvalue weighted by atomic mass is 10.1. The molecule has 124 valence electrons. The lowest BCUT2D eigenvalue weighted by molar-refractivity contribution is -0.274. The van der Waals surface area contributed by atoms with Crippen LogP contribution in [0.4, 0.5) is 18.9 Å². The van der Waals surface area contributed by atoms with Crippen LogP contribution in [-0.4, -0.2) is 16.1 Å². The van der Waals surface area contributed by atoms with Crippen molar-refractivity contribution in [2.24, 2.45) is 7.05 Å². The van der Waals surface area contributed by atoms with Crippen molar-refractivity contribution in [1.29, 1.82) is 0 Å². The second kappa shape index (κ2) is 6.61. The van der Waals surface area contributed by atoms with Crippen molar-refractivity contribution < 1.29 is 17.9 Å². The Hall–Kier alpha value is -2.03. The molecule has 1 aromatic heterocycles. The maximum Gasteiger partial charge on any atom is 0.573 e. The number of anilines is 1. The molecule has 0 saturated carbocycles. The minimum Gasteiger partial charge on any atom is -0.406 e. The van der Waals surface area contributed by atoms with E-state index in [1.54, 1.807) is 0 Å². The summed E-state index contributed by atoms with van der Waals surface area (Å²) in [5, 5.41) is 6.98. The summed E-state index contributed by atoms with van der Waals surface area (Å²) >= 11 is 3.20. The van der Waals surface area contributed by atoms with Gasteiger partial charge in [0.1, 0.15) is 10.2 Å². The topological polar surface area (TPSA) is 56.2 Å². The Balaban J connectivity index is 2.14. The van der Waals surface area contributed by atoms with E-state index in [9.17, 15) is 18.0 Å². The quantitative estimate of drug-likeness (QED) is 0.864. The number of halogens is 4. The normalized spacial score (nSPS) is 12.8. The molecule has 1 unspecified atom stereocenters. The predicted molar refractivity (Wildman–Crippen MR) is 82.3 cm³/mol. The predicted octanol–water partition coefficient (Wildman–Crippen LogP) is 3.61. The zero-order chi connectivity index (χ0) is 17.2. The number of rotatable bonds is 4. The molecule has 1 atom stereocenters. The monoisotopic (exact) mass is 391 g/mol.